The van der Waals surface area contributed by atoms with E-state index >= 15 is 0 Å². The summed E-state index contributed by atoms with van der Waals surface area (Å²) in [6, 6.07) is 13.1. The van der Waals surface area contributed by atoms with Gasteiger partial charge < -0.3 is 4.74 Å². The fourth-order valence-corrected chi connectivity index (χ4v) is 3.00. The number of imide groups is 1. The van der Waals surface area contributed by atoms with Crippen molar-refractivity contribution < 1.29 is 14.3 Å². The molecule has 3 aromatic rings. The van der Waals surface area contributed by atoms with E-state index in [1.54, 1.807) is 13.2 Å². The topological polar surface area (TPSA) is 55.4 Å². The van der Waals surface area contributed by atoms with Gasteiger partial charge in [-0.15, -0.1) is 0 Å². The number of rotatable bonds is 1. The Bertz CT molecular complexity index is 944. The molecule has 4 rings (SSSR count). The lowest BCUT2D eigenvalue weighted by Crippen LogP contribution is -2.20. The molecule has 21 heavy (non-hydrogen) atoms. The highest BCUT2D eigenvalue weighted by atomic mass is 16.5. The molecule has 0 radical (unpaired) electrons. The van der Waals surface area contributed by atoms with Crippen LogP contribution in [-0.2, 0) is 0 Å². The molecule has 0 atom stereocenters. The zero-order valence-corrected chi connectivity index (χ0v) is 11.3. The first-order valence-electron chi connectivity index (χ1n) is 6.59. The largest absolute Gasteiger partial charge is 0.497 e. The van der Waals surface area contributed by atoms with Crippen LogP contribution in [0.25, 0.3) is 21.5 Å². The minimum atomic E-state index is -0.337. The highest BCUT2D eigenvalue weighted by molar-refractivity contribution is 6.33. The van der Waals surface area contributed by atoms with E-state index in [2.05, 4.69) is 5.32 Å². The van der Waals surface area contributed by atoms with Gasteiger partial charge in [-0.05, 0) is 39.7 Å². The smallest absolute Gasteiger partial charge is 0.259 e. The molecule has 102 valence electrons. The Balaban J connectivity index is 2.30. The highest BCUT2D eigenvalue weighted by Crippen LogP contribution is 2.36. The van der Waals surface area contributed by atoms with Crippen molar-refractivity contribution in [1.29, 1.82) is 0 Å². The monoisotopic (exact) mass is 277 g/mol. The number of ether oxygens (including phenoxy) is 1. The Morgan fingerprint density at radius 1 is 0.810 bits per heavy atom. The quantitative estimate of drug-likeness (QED) is 0.549. The lowest BCUT2D eigenvalue weighted by atomic mass is 9.92. The Labute approximate surface area is 120 Å². The number of fused-ring (bicyclic) bond motifs is 6. The van der Waals surface area contributed by atoms with Crippen LogP contribution in [0.3, 0.4) is 0 Å². The number of methoxy groups -OCH3 is 1. The fraction of sp³-hybridized carbons (Fsp3) is 0.0588. The van der Waals surface area contributed by atoms with Crippen LogP contribution in [-0.4, -0.2) is 18.9 Å². The maximum Gasteiger partial charge on any atom is 0.259 e. The SMILES string of the molecule is COc1ccc2c3c(c4ccccc4c2c1)C(=O)NC3=O. The molecule has 0 spiro atoms. The number of benzene rings is 3. The van der Waals surface area contributed by atoms with Crippen molar-refractivity contribution in [2.45, 2.75) is 0 Å². The number of carbonyl (C=O) groups is 2. The van der Waals surface area contributed by atoms with Gasteiger partial charge in [-0.3, -0.25) is 14.9 Å². The number of carbonyl (C=O) groups excluding carboxylic acids is 2. The van der Waals surface area contributed by atoms with Crippen LogP contribution in [0.15, 0.2) is 42.5 Å². The molecule has 2 amide bonds. The lowest BCUT2D eigenvalue weighted by molar-refractivity contribution is 0.0880. The first-order valence-corrected chi connectivity index (χ1v) is 6.59. The van der Waals surface area contributed by atoms with E-state index in [1.807, 2.05) is 36.4 Å². The number of hydrogen-bond acceptors (Lipinski definition) is 3. The van der Waals surface area contributed by atoms with Gasteiger partial charge in [0.1, 0.15) is 5.75 Å². The molecule has 0 aliphatic carbocycles. The summed E-state index contributed by atoms with van der Waals surface area (Å²) in [7, 11) is 1.60. The molecule has 1 N–H and O–H groups in total. The average Bonchev–Trinajstić information content (AvgIpc) is 2.82. The van der Waals surface area contributed by atoms with E-state index in [-0.39, 0.29) is 11.8 Å². The summed E-state index contributed by atoms with van der Waals surface area (Å²) in [4.78, 5) is 24.2. The maximum atomic E-state index is 12.1. The molecule has 0 fully saturated rings. The van der Waals surface area contributed by atoms with Gasteiger partial charge in [-0.25, -0.2) is 0 Å². The Morgan fingerprint density at radius 3 is 2.10 bits per heavy atom. The molecule has 1 heterocycles. The molecule has 4 nitrogen and oxygen atoms in total. The first kappa shape index (κ1) is 11.9. The van der Waals surface area contributed by atoms with Crippen LogP contribution in [0.5, 0.6) is 5.75 Å². The number of hydrogen-bond donors (Lipinski definition) is 1. The fourth-order valence-electron chi connectivity index (χ4n) is 3.00. The van der Waals surface area contributed by atoms with Crippen LogP contribution in [0.4, 0.5) is 0 Å². The first-order chi connectivity index (χ1) is 10.2. The zero-order valence-electron chi connectivity index (χ0n) is 11.3. The minimum Gasteiger partial charge on any atom is -0.497 e. The molecule has 4 heteroatoms. The molecule has 1 aliphatic heterocycles. The second-order valence-corrected chi connectivity index (χ2v) is 4.99. The van der Waals surface area contributed by atoms with Gasteiger partial charge in [-0.1, -0.05) is 24.3 Å². The van der Waals surface area contributed by atoms with E-state index < -0.39 is 0 Å². The second-order valence-electron chi connectivity index (χ2n) is 4.99. The third-order valence-corrected chi connectivity index (χ3v) is 3.91. The van der Waals surface area contributed by atoms with E-state index in [1.165, 1.54) is 0 Å². The summed E-state index contributed by atoms with van der Waals surface area (Å²) in [5, 5.41) is 5.80. The molecule has 0 unspecified atom stereocenters. The molecule has 0 bridgehead atoms. The van der Waals surface area contributed by atoms with E-state index in [4.69, 9.17) is 4.74 Å². The van der Waals surface area contributed by atoms with Crippen molar-refractivity contribution in [3.63, 3.8) is 0 Å². The van der Waals surface area contributed by atoms with Gasteiger partial charge in [0.05, 0.1) is 18.2 Å². The maximum absolute atomic E-state index is 12.1. The normalized spacial score (nSPS) is 13.6. The molecular formula is C17H11NO3. The molecular weight excluding hydrogens is 266 g/mol. The third kappa shape index (κ3) is 1.50. The summed E-state index contributed by atoms with van der Waals surface area (Å²) < 4.78 is 5.27. The second kappa shape index (κ2) is 4.06. The molecule has 0 saturated heterocycles. The molecule has 0 aromatic heterocycles. The predicted octanol–water partition coefficient (Wildman–Crippen LogP) is 2.89. The average molecular weight is 277 g/mol. The van der Waals surface area contributed by atoms with Crippen LogP contribution in [0.1, 0.15) is 20.7 Å². The van der Waals surface area contributed by atoms with Crippen molar-refractivity contribution in [2.75, 3.05) is 7.11 Å². The summed E-state index contributed by atoms with van der Waals surface area (Å²) in [5.74, 6) is 0.0529. The lowest BCUT2D eigenvalue weighted by Gasteiger charge is -2.10. The van der Waals surface area contributed by atoms with Crippen LogP contribution in [0.2, 0.25) is 0 Å². The van der Waals surface area contributed by atoms with Gasteiger partial charge in [0, 0.05) is 0 Å². The summed E-state index contributed by atoms with van der Waals surface area (Å²) in [6.45, 7) is 0. The van der Waals surface area contributed by atoms with Gasteiger partial charge in [0.25, 0.3) is 11.8 Å². The standard InChI is InChI=1S/C17H11NO3/c1-21-9-6-7-12-13(8-9)10-4-2-3-5-11(10)14-15(12)17(20)18-16(14)19/h2-8H,1H3,(H,18,19,20). The Kier molecular flexibility index (Phi) is 2.30. The van der Waals surface area contributed by atoms with Gasteiger partial charge in [-0.2, -0.15) is 0 Å². The predicted molar refractivity (Wildman–Crippen MR) is 79.8 cm³/mol. The zero-order chi connectivity index (χ0) is 14.6. The van der Waals surface area contributed by atoms with Gasteiger partial charge in [0.2, 0.25) is 0 Å². The molecule has 0 saturated carbocycles. The van der Waals surface area contributed by atoms with Crippen molar-refractivity contribution in [1.82, 2.24) is 5.32 Å². The molecule has 3 aromatic carbocycles. The summed E-state index contributed by atoms with van der Waals surface area (Å²) in [6.07, 6.45) is 0. The molecule has 1 aliphatic rings. The highest BCUT2D eigenvalue weighted by Gasteiger charge is 2.31. The van der Waals surface area contributed by atoms with Gasteiger partial charge in [0.15, 0.2) is 0 Å². The van der Waals surface area contributed by atoms with E-state index in [0.717, 1.165) is 27.3 Å². The van der Waals surface area contributed by atoms with Gasteiger partial charge >= 0.3 is 0 Å². The van der Waals surface area contributed by atoms with Crippen molar-refractivity contribution >= 4 is 33.4 Å². The van der Waals surface area contributed by atoms with Crippen LogP contribution >= 0.6 is 0 Å². The Morgan fingerprint density at radius 2 is 1.43 bits per heavy atom. The Hall–Kier alpha value is -2.88. The third-order valence-electron chi connectivity index (χ3n) is 3.91. The van der Waals surface area contributed by atoms with Crippen molar-refractivity contribution in [2.24, 2.45) is 0 Å². The van der Waals surface area contributed by atoms with E-state index in [0.29, 0.717) is 11.1 Å². The summed E-state index contributed by atoms with van der Waals surface area (Å²) >= 11 is 0. The van der Waals surface area contributed by atoms with Crippen molar-refractivity contribution in [3.05, 3.63) is 53.6 Å². The summed E-state index contributed by atoms with van der Waals surface area (Å²) in [5.41, 5.74) is 0.921. The van der Waals surface area contributed by atoms with Crippen molar-refractivity contribution in [3.8, 4) is 5.75 Å². The minimum absolute atomic E-state index is 0.330. The van der Waals surface area contributed by atoms with Crippen LogP contribution < -0.4 is 10.1 Å². The van der Waals surface area contributed by atoms with E-state index in [9.17, 15) is 9.59 Å². The number of amides is 2. The number of nitrogens with one attached hydrogen (secondary N) is 1. The van der Waals surface area contributed by atoms with Crippen LogP contribution in [0, 0.1) is 0 Å².